The van der Waals surface area contributed by atoms with Gasteiger partial charge in [0.1, 0.15) is 0 Å². The Morgan fingerprint density at radius 2 is 2.08 bits per heavy atom. The van der Waals surface area contributed by atoms with E-state index in [-0.39, 0.29) is 6.54 Å². The number of rotatable bonds is 5. The maximum atomic E-state index is 11.0. The summed E-state index contributed by atoms with van der Waals surface area (Å²) in [6.07, 6.45) is 0. The van der Waals surface area contributed by atoms with Crippen LogP contribution in [0.2, 0.25) is 0 Å². The average molecular weight is 206 g/mol. The minimum Gasteiger partial charge on any atom is -0.377 e. The standard InChI is InChI=1S/C7H14N2O3S/c1-7(2,12-3)6-9-13(10,11)5-4-8/h9H,5-6H2,1-3H3. The van der Waals surface area contributed by atoms with Crippen molar-refractivity contribution >= 4 is 10.0 Å². The lowest BCUT2D eigenvalue weighted by Gasteiger charge is -2.22. The summed E-state index contributed by atoms with van der Waals surface area (Å²) in [5.74, 6) is -0.521. The number of nitrogens with one attached hydrogen (secondary N) is 1. The van der Waals surface area contributed by atoms with E-state index in [0.29, 0.717) is 0 Å². The van der Waals surface area contributed by atoms with Crippen LogP contribution in [0.15, 0.2) is 0 Å². The van der Waals surface area contributed by atoms with Crippen LogP contribution in [-0.4, -0.2) is 33.4 Å². The first-order valence-corrected chi connectivity index (χ1v) is 5.38. The summed E-state index contributed by atoms with van der Waals surface area (Å²) in [5.41, 5.74) is -0.553. The molecule has 0 saturated heterocycles. The second-order valence-electron chi connectivity index (χ2n) is 3.20. The molecule has 0 fully saturated rings. The number of hydrogen-bond donors (Lipinski definition) is 1. The van der Waals surface area contributed by atoms with Crippen LogP contribution in [0.25, 0.3) is 0 Å². The van der Waals surface area contributed by atoms with E-state index in [1.54, 1.807) is 19.9 Å². The van der Waals surface area contributed by atoms with Crippen molar-refractivity contribution in [2.75, 3.05) is 19.4 Å². The molecule has 0 aliphatic carbocycles. The molecule has 1 N–H and O–H groups in total. The molecule has 0 unspecified atom stereocenters. The zero-order chi connectivity index (χ0) is 10.5. The summed E-state index contributed by atoms with van der Waals surface area (Å²) in [6, 6.07) is 1.57. The topological polar surface area (TPSA) is 79.2 Å². The molecular weight excluding hydrogens is 192 g/mol. The van der Waals surface area contributed by atoms with Crippen molar-refractivity contribution in [1.29, 1.82) is 5.26 Å². The lowest BCUT2D eigenvalue weighted by atomic mass is 10.1. The van der Waals surface area contributed by atoms with Crippen LogP contribution in [0.1, 0.15) is 13.8 Å². The molecule has 13 heavy (non-hydrogen) atoms. The van der Waals surface area contributed by atoms with Crippen LogP contribution in [0, 0.1) is 11.3 Å². The summed E-state index contributed by atoms with van der Waals surface area (Å²) >= 11 is 0. The Hall–Kier alpha value is -0.640. The fourth-order valence-corrected chi connectivity index (χ4v) is 1.33. The number of nitrogens with zero attached hydrogens (tertiary/aromatic N) is 1. The van der Waals surface area contributed by atoms with Gasteiger partial charge in [-0.2, -0.15) is 5.26 Å². The fourth-order valence-electron chi connectivity index (χ4n) is 0.492. The first kappa shape index (κ1) is 12.4. The predicted octanol–water partition coefficient (Wildman–Crippen LogP) is -0.146. The van der Waals surface area contributed by atoms with Crippen LogP contribution < -0.4 is 4.72 Å². The average Bonchev–Trinajstić information content (AvgIpc) is 2.02. The molecule has 0 rings (SSSR count). The lowest BCUT2D eigenvalue weighted by molar-refractivity contribution is 0.0276. The van der Waals surface area contributed by atoms with Gasteiger partial charge in [-0.3, -0.25) is 0 Å². The highest BCUT2D eigenvalue weighted by Crippen LogP contribution is 2.05. The molecule has 0 bridgehead atoms. The third kappa shape index (κ3) is 5.58. The summed E-state index contributed by atoms with van der Waals surface area (Å²) < 4.78 is 29.3. The van der Waals surface area contributed by atoms with E-state index in [9.17, 15) is 8.42 Å². The Kier molecular flexibility index (Phi) is 4.33. The second-order valence-corrected chi connectivity index (χ2v) is 5.01. The van der Waals surface area contributed by atoms with Gasteiger partial charge in [-0.05, 0) is 13.8 Å². The highest BCUT2D eigenvalue weighted by atomic mass is 32.2. The molecular formula is C7H14N2O3S. The van der Waals surface area contributed by atoms with Crippen molar-refractivity contribution in [1.82, 2.24) is 4.72 Å². The Labute approximate surface area is 78.7 Å². The van der Waals surface area contributed by atoms with E-state index < -0.39 is 21.4 Å². The summed E-state index contributed by atoms with van der Waals surface area (Å²) in [7, 11) is -1.97. The predicted molar refractivity (Wildman–Crippen MR) is 48.5 cm³/mol. The van der Waals surface area contributed by atoms with E-state index >= 15 is 0 Å². The molecule has 0 aliphatic rings. The molecule has 0 aliphatic heterocycles. The van der Waals surface area contributed by atoms with Gasteiger partial charge in [0.05, 0.1) is 11.7 Å². The normalized spacial score (nSPS) is 12.5. The summed E-state index contributed by atoms with van der Waals surface area (Å²) in [4.78, 5) is 0. The van der Waals surface area contributed by atoms with E-state index in [1.165, 1.54) is 7.11 Å². The van der Waals surface area contributed by atoms with Gasteiger partial charge >= 0.3 is 0 Å². The Balaban J connectivity index is 4.12. The van der Waals surface area contributed by atoms with Gasteiger partial charge in [0.2, 0.25) is 10.0 Å². The molecule has 0 saturated carbocycles. The molecule has 0 amide bonds. The second kappa shape index (κ2) is 4.56. The van der Waals surface area contributed by atoms with Gasteiger partial charge in [-0.25, -0.2) is 13.1 Å². The Morgan fingerprint density at radius 3 is 2.46 bits per heavy atom. The minimum atomic E-state index is -3.47. The maximum Gasteiger partial charge on any atom is 0.225 e. The van der Waals surface area contributed by atoms with Crippen molar-refractivity contribution in [3.63, 3.8) is 0 Å². The molecule has 0 aromatic rings. The monoisotopic (exact) mass is 206 g/mol. The first-order chi connectivity index (χ1) is 5.83. The van der Waals surface area contributed by atoms with Crippen LogP contribution >= 0.6 is 0 Å². The lowest BCUT2D eigenvalue weighted by Crippen LogP contribution is -2.40. The van der Waals surface area contributed by atoms with Crippen molar-refractivity contribution in [3.05, 3.63) is 0 Å². The van der Waals surface area contributed by atoms with Crippen LogP contribution in [0.5, 0.6) is 0 Å². The molecule has 0 radical (unpaired) electrons. The van der Waals surface area contributed by atoms with Crippen molar-refractivity contribution in [3.8, 4) is 6.07 Å². The third-order valence-electron chi connectivity index (χ3n) is 1.52. The minimum absolute atomic E-state index is 0.160. The Bertz CT molecular complexity index is 289. The van der Waals surface area contributed by atoms with E-state index in [2.05, 4.69) is 4.72 Å². The van der Waals surface area contributed by atoms with Gasteiger partial charge in [0.15, 0.2) is 5.75 Å². The highest BCUT2D eigenvalue weighted by molar-refractivity contribution is 7.89. The quantitative estimate of drug-likeness (QED) is 0.678. The smallest absolute Gasteiger partial charge is 0.225 e. The molecule has 0 atom stereocenters. The number of nitriles is 1. The van der Waals surface area contributed by atoms with Crippen molar-refractivity contribution in [2.24, 2.45) is 0 Å². The van der Waals surface area contributed by atoms with Crippen LogP contribution in [0.4, 0.5) is 0 Å². The zero-order valence-electron chi connectivity index (χ0n) is 7.99. The van der Waals surface area contributed by atoms with Crippen molar-refractivity contribution in [2.45, 2.75) is 19.4 Å². The van der Waals surface area contributed by atoms with E-state index in [1.807, 2.05) is 0 Å². The zero-order valence-corrected chi connectivity index (χ0v) is 8.81. The number of methoxy groups -OCH3 is 1. The summed E-state index contributed by atoms with van der Waals surface area (Å²) in [5, 5.41) is 8.19. The maximum absolute atomic E-state index is 11.0. The Morgan fingerprint density at radius 1 is 1.54 bits per heavy atom. The largest absolute Gasteiger partial charge is 0.377 e. The fraction of sp³-hybridized carbons (Fsp3) is 0.857. The van der Waals surface area contributed by atoms with Gasteiger partial charge in [-0.15, -0.1) is 0 Å². The highest BCUT2D eigenvalue weighted by Gasteiger charge is 2.19. The molecule has 0 spiro atoms. The molecule has 0 heterocycles. The van der Waals surface area contributed by atoms with Gasteiger partial charge in [0.25, 0.3) is 0 Å². The van der Waals surface area contributed by atoms with Gasteiger partial charge < -0.3 is 4.74 Å². The van der Waals surface area contributed by atoms with Gasteiger partial charge in [-0.1, -0.05) is 0 Å². The van der Waals surface area contributed by atoms with E-state index in [0.717, 1.165) is 0 Å². The molecule has 0 aromatic heterocycles. The first-order valence-electron chi connectivity index (χ1n) is 3.72. The van der Waals surface area contributed by atoms with E-state index in [4.69, 9.17) is 10.00 Å². The molecule has 76 valence electrons. The molecule has 0 aromatic carbocycles. The molecule has 5 nitrogen and oxygen atoms in total. The number of sulfonamides is 1. The number of hydrogen-bond acceptors (Lipinski definition) is 4. The summed E-state index contributed by atoms with van der Waals surface area (Å²) in [6.45, 7) is 3.66. The van der Waals surface area contributed by atoms with Gasteiger partial charge in [0, 0.05) is 13.7 Å². The van der Waals surface area contributed by atoms with Crippen LogP contribution in [0.3, 0.4) is 0 Å². The van der Waals surface area contributed by atoms with Crippen molar-refractivity contribution < 1.29 is 13.2 Å². The SMILES string of the molecule is COC(C)(C)CNS(=O)(=O)CC#N. The number of ether oxygens (including phenoxy) is 1. The van der Waals surface area contributed by atoms with Crippen LogP contribution in [-0.2, 0) is 14.8 Å². The molecule has 6 heteroatoms. The third-order valence-corrected chi connectivity index (χ3v) is 2.62.